The molecule has 1 heterocycles. The standard InChI is InChI=1S/C28H23F3N4O2/c1-3-33-26(36)34-17-25(24-10-5-4-9-23(24)20-13-11-19(16-32)12-14-20)18(2)35(27(34)37)22-8-6-7-21(15-22)28(29,30)31/h4-15H,3,17H2,1-2H3,(H,33,36). The van der Waals surface area contributed by atoms with Crippen LogP contribution in [-0.2, 0) is 6.18 Å². The lowest BCUT2D eigenvalue weighted by Gasteiger charge is -2.37. The number of carbonyl (C=O) groups is 2. The van der Waals surface area contributed by atoms with E-state index in [0.717, 1.165) is 33.1 Å². The van der Waals surface area contributed by atoms with E-state index in [4.69, 9.17) is 5.26 Å². The zero-order valence-electron chi connectivity index (χ0n) is 20.1. The van der Waals surface area contributed by atoms with Crippen molar-refractivity contribution in [3.63, 3.8) is 0 Å². The van der Waals surface area contributed by atoms with E-state index in [1.54, 1.807) is 38.1 Å². The number of nitrogens with zero attached hydrogens (tertiary/aromatic N) is 3. The molecule has 0 unspecified atom stereocenters. The Morgan fingerprint density at radius 2 is 1.70 bits per heavy atom. The van der Waals surface area contributed by atoms with Crippen molar-refractivity contribution in [3.8, 4) is 17.2 Å². The Hall–Kier alpha value is -4.58. The molecule has 9 heteroatoms. The van der Waals surface area contributed by atoms with Gasteiger partial charge in [-0.15, -0.1) is 0 Å². The third-order valence-electron chi connectivity index (χ3n) is 6.09. The van der Waals surface area contributed by atoms with E-state index in [0.29, 0.717) is 22.4 Å². The van der Waals surface area contributed by atoms with Gasteiger partial charge in [0, 0.05) is 12.2 Å². The van der Waals surface area contributed by atoms with Gasteiger partial charge in [-0.25, -0.2) is 14.5 Å². The number of allylic oxidation sites excluding steroid dienone is 1. The summed E-state index contributed by atoms with van der Waals surface area (Å²) in [5.41, 5.74) is 2.91. The van der Waals surface area contributed by atoms with Crippen LogP contribution in [0.2, 0.25) is 0 Å². The van der Waals surface area contributed by atoms with Crippen LogP contribution in [0.5, 0.6) is 0 Å². The van der Waals surface area contributed by atoms with Crippen LogP contribution in [0, 0.1) is 11.3 Å². The van der Waals surface area contributed by atoms with Crippen LogP contribution >= 0.6 is 0 Å². The number of amides is 4. The first kappa shape index (κ1) is 25.5. The van der Waals surface area contributed by atoms with Crippen molar-refractivity contribution in [2.45, 2.75) is 20.0 Å². The van der Waals surface area contributed by atoms with E-state index in [9.17, 15) is 22.8 Å². The summed E-state index contributed by atoms with van der Waals surface area (Å²) >= 11 is 0. The highest BCUT2D eigenvalue weighted by Crippen LogP contribution is 2.38. The molecule has 0 bridgehead atoms. The molecule has 0 aromatic heterocycles. The lowest BCUT2D eigenvalue weighted by Crippen LogP contribution is -2.53. The molecule has 188 valence electrons. The lowest BCUT2D eigenvalue weighted by molar-refractivity contribution is -0.137. The number of hydrogen-bond acceptors (Lipinski definition) is 3. The third kappa shape index (κ3) is 5.05. The maximum absolute atomic E-state index is 13.5. The number of hydrogen-bond donors (Lipinski definition) is 1. The number of halogens is 3. The molecule has 3 aromatic rings. The smallest absolute Gasteiger partial charge is 0.338 e. The van der Waals surface area contributed by atoms with Crippen LogP contribution < -0.4 is 10.2 Å². The average Bonchev–Trinajstić information content (AvgIpc) is 2.89. The Morgan fingerprint density at radius 3 is 2.32 bits per heavy atom. The summed E-state index contributed by atoms with van der Waals surface area (Å²) in [6.45, 7) is 3.56. The van der Waals surface area contributed by atoms with Gasteiger partial charge in [-0.3, -0.25) is 4.90 Å². The number of urea groups is 2. The van der Waals surface area contributed by atoms with Gasteiger partial charge in [-0.05, 0) is 66.4 Å². The SMILES string of the molecule is CCNC(=O)N1CC(c2ccccc2-c2ccc(C#N)cc2)=C(C)N(c2cccc(C(F)(F)F)c2)C1=O. The summed E-state index contributed by atoms with van der Waals surface area (Å²) in [5, 5.41) is 11.7. The molecule has 0 saturated carbocycles. The first-order valence-electron chi connectivity index (χ1n) is 11.5. The Kier molecular flexibility index (Phi) is 7.02. The molecule has 0 spiro atoms. The van der Waals surface area contributed by atoms with E-state index in [1.807, 2.05) is 24.3 Å². The topological polar surface area (TPSA) is 76.4 Å². The van der Waals surface area contributed by atoms with E-state index in [2.05, 4.69) is 11.4 Å². The predicted octanol–water partition coefficient (Wildman–Crippen LogP) is 6.65. The summed E-state index contributed by atoms with van der Waals surface area (Å²) in [5.74, 6) is 0. The van der Waals surface area contributed by atoms with Crippen molar-refractivity contribution in [2.24, 2.45) is 0 Å². The summed E-state index contributed by atoms with van der Waals surface area (Å²) in [6.07, 6.45) is -4.60. The number of carbonyl (C=O) groups excluding carboxylic acids is 2. The van der Waals surface area contributed by atoms with Crippen LogP contribution in [0.4, 0.5) is 28.4 Å². The maximum atomic E-state index is 13.5. The maximum Gasteiger partial charge on any atom is 0.416 e. The van der Waals surface area contributed by atoms with Gasteiger partial charge in [0.15, 0.2) is 0 Å². The van der Waals surface area contributed by atoms with Crippen molar-refractivity contribution >= 4 is 23.3 Å². The highest BCUT2D eigenvalue weighted by atomic mass is 19.4. The highest BCUT2D eigenvalue weighted by molar-refractivity contribution is 6.09. The minimum atomic E-state index is -4.60. The normalized spacial score (nSPS) is 14.0. The second-order valence-corrected chi connectivity index (χ2v) is 8.39. The van der Waals surface area contributed by atoms with Crippen molar-refractivity contribution < 1.29 is 22.8 Å². The zero-order valence-corrected chi connectivity index (χ0v) is 20.1. The first-order chi connectivity index (χ1) is 17.7. The van der Waals surface area contributed by atoms with E-state index < -0.39 is 23.8 Å². The zero-order chi connectivity index (χ0) is 26.7. The molecule has 4 rings (SSSR count). The van der Waals surface area contributed by atoms with Gasteiger partial charge in [-0.1, -0.05) is 42.5 Å². The minimum absolute atomic E-state index is 0.000298. The number of alkyl halides is 3. The summed E-state index contributed by atoms with van der Waals surface area (Å²) in [4.78, 5) is 28.4. The predicted molar refractivity (Wildman–Crippen MR) is 134 cm³/mol. The van der Waals surface area contributed by atoms with Crippen LogP contribution in [0.1, 0.15) is 30.5 Å². The number of benzene rings is 3. The van der Waals surface area contributed by atoms with Crippen molar-refractivity contribution in [1.29, 1.82) is 5.26 Å². The van der Waals surface area contributed by atoms with Crippen LogP contribution in [-0.4, -0.2) is 30.1 Å². The largest absolute Gasteiger partial charge is 0.416 e. The molecule has 1 aliphatic rings. The summed E-state index contributed by atoms with van der Waals surface area (Å²) in [6, 6.07) is 19.5. The Bertz CT molecular complexity index is 1420. The summed E-state index contributed by atoms with van der Waals surface area (Å²) < 4.78 is 40.4. The second kappa shape index (κ2) is 10.2. The van der Waals surface area contributed by atoms with Crippen LogP contribution in [0.3, 0.4) is 0 Å². The fourth-order valence-corrected chi connectivity index (χ4v) is 4.27. The van der Waals surface area contributed by atoms with Crippen LogP contribution in [0.15, 0.2) is 78.5 Å². The number of nitrogens with one attached hydrogen (secondary N) is 1. The average molecular weight is 505 g/mol. The van der Waals surface area contributed by atoms with Crippen molar-refractivity contribution in [1.82, 2.24) is 10.2 Å². The van der Waals surface area contributed by atoms with Gasteiger partial charge in [0.05, 0.1) is 29.4 Å². The molecule has 1 N–H and O–H groups in total. The lowest BCUT2D eigenvalue weighted by atomic mass is 9.91. The fourth-order valence-electron chi connectivity index (χ4n) is 4.27. The Labute approximate surface area is 212 Å². The van der Waals surface area contributed by atoms with Gasteiger partial charge >= 0.3 is 18.2 Å². The molecule has 0 radical (unpaired) electrons. The van der Waals surface area contributed by atoms with E-state index >= 15 is 0 Å². The molecule has 1 aliphatic heterocycles. The number of imide groups is 1. The molecule has 0 aliphatic carbocycles. The molecule has 37 heavy (non-hydrogen) atoms. The van der Waals surface area contributed by atoms with Gasteiger partial charge in [0.25, 0.3) is 0 Å². The Morgan fingerprint density at radius 1 is 1.03 bits per heavy atom. The number of anilines is 1. The quantitative estimate of drug-likeness (QED) is 0.432. The van der Waals surface area contributed by atoms with Crippen molar-refractivity contribution in [2.75, 3.05) is 18.0 Å². The van der Waals surface area contributed by atoms with Crippen LogP contribution in [0.25, 0.3) is 16.7 Å². The van der Waals surface area contributed by atoms with Gasteiger partial charge in [0.1, 0.15) is 0 Å². The minimum Gasteiger partial charge on any atom is -0.338 e. The molecule has 0 saturated heterocycles. The fraction of sp³-hybridized carbons (Fsp3) is 0.179. The monoisotopic (exact) mass is 504 g/mol. The van der Waals surface area contributed by atoms with Crippen molar-refractivity contribution in [3.05, 3.63) is 95.2 Å². The highest BCUT2D eigenvalue weighted by Gasteiger charge is 2.37. The van der Waals surface area contributed by atoms with E-state index in [-0.39, 0.29) is 18.8 Å². The molecule has 3 aromatic carbocycles. The van der Waals surface area contributed by atoms with Gasteiger partial charge < -0.3 is 5.32 Å². The number of rotatable bonds is 4. The number of nitriles is 1. The first-order valence-corrected chi connectivity index (χ1v) is 11.5. The van der Waals surface area contributed by atoms with Gasteiger partial charge in [0.2, 0.25) is 0 Å². The molecule has 6 nitrogen and oxygen atoms in total. The molecular weight excluding hydrogens is 481 g/mol. The Balaban J connectivity index is 1.91. The molecule has 0 atom stereocenters. The molecule has 4 amide bonds. The second-order valence-electron chi connectivity index (χ2n) is 8.39. The molecular formula is C28H23F3N4O2. The summed E-state index contributed by atoms with van der Waals surface area (Å²) in [7, 11) is 0. The van der Waals surface area contributed by atoms with E-state index in [1.165, 1.54) is 12.1 Å². The van der Waals surface area contributed by atoms with Gasteiger partial charge in [-0.2, -0.15) is 18.4 Å². The third-order valence-corrected chi connectivity index (χ3v) is 6.09. The molecule has 0 fully saturated rings.